The summed E-state index contributed by atoms with van der Waals surface area (Å²) in [5.74, 6) is 0. The maximum absolute atomic E-state index is 2.65. The number of hydrogen-bond acceptors (Lipinski definition) is 1. The maximum Gasteiger partial charge on any atom is 0.252 e. The van der Waals surface area contributed by atoms with E-state index in [1.807, 2.05) is 0 Å². The Labute approximate surface area is 335 Å². The van der Waals surface area contributed by atoms with E-state index in [1.54, 1.807) is 0 Å². The number of rotatable bonds is 2. The fourth-order valence-corrected chi connectivity index (χ4v) is 10.5. The topological polar surface area (TPSA) is 8.17 Å². The molecular weight excluding hydrogens is 687 g/mol. The van der Waals surface area contributed by atoms with Crippen LogP contribution in [0.15, 0.2) is 152 Å². The molecule has 0 unspecified atom stereocenters. The smallest absolute Gasteiger partial charge is 0.252 e. The average Bonchev–Trinajstić information content (AvgIpc) is 3.51. The van der Waals surface area contributed by atoms with Gasteiger partial charge >= 0.3 is 0 Å². The SMILES string of the molecule is CC(C)(C)c1ccc(N2c3ccc(C(C)(C)C)cc3B3c4c2cc(-c2ccccc2)cc4-n2c4ccc5cccc6c5c4c4c(ccc3c42)-c2ccccc2-6)cc1. The summed E-state index contributed by atoms with van der Waals surface area (Å²) in [5, 5.41) is 5.38. The quantitative estimate of drug-likeness (QED) is 0.161. The van der Waals surface area contributed by atoms with E-state index in [2.05, 4.69) is 203 Å². The Kier molecular flexibility index (Phi) is 6.44. The van der Waals surface area contributed by atoms with Crippen molar-refractivity contribution in [2.75, 3.05) is 4.90 Å². The summed E-state index contributed by atoms with van der Waals surface area (Å²) >= 11 is 0. The number of benzene rings is 8. The van der Waals surface area contributed by atoms with Gasteiger partial charge in [0.2, 0.25) is 0 Å². The normalized spacial score (nSPS) is 13.7. The third-order valence-corrected chi connectivity index (χ3v) is 13.2. The molecule has 1 aromatic heterocycles. The monoisotopic (exact) mass is 730 g/mol. The van der Waals surface area contributed by atoms with Crippen LogP contribution in [-0.2, 0) is 10.8 Å². The lowest BCUT2D eigenvalue weighted by Crippen LogP contribution is -2.60. The molecule has 1 aliphatic carbocycles. The van der Waals surface area contributed by atoms with Crippen molar-refractivity contribution in [2.45, 2.75) is 52.4 Å². The van der Waals surface area contributed by atoms with Crippen LogP contribution in [0.25, 0.3) is 71.6 Å². The van der Waals surface area contributed by atoms with Crippen molar-refractivity contribution in [2.24, 2.45) is 0 Å². The summed E-state index contributed by atoms with van der Waals surface area (Å²) in [6, 6.07) is 58.1. The highest BCUT2D eigenvalue weighted by Crippen LogP contribution is 2.51. The highest BCUT2D eigenvalue weighted by molar-refractivity contribution is 7.00. The number of hydrogen-bond donors (Lipinski definition) is 0. The fraction of sp³-hybridized carbons (Fsp3) is 0.148. The van der Waals surface area contributed by atoms with Crippen LogP contribution in [0.4, 0.5) is 17.1 Å². The maximum atomic E-state index is 2.65. The Bertz CT molecular complexity index is 3190. The average molecular weight is 731 g/mol. The van der Waals surface area contributed by atoms with Gasteiger partial charge in [-0.15, -0.1) is 0 Å². The van der Waals surface area contributed by atoms with Gasteiger partial charge in [-0.1, -0.05) is 157 Å². The summed E-state index contributed by atoms with van der Waals surface area (Å²) in [7, 11) is 0. The zero-order valence-electron chi connectivity index (χ0n) is 33.4. The lowest BCUT2D eigenvalue weighted by Gasteiger charge is -2.41. The van der Waals surface area contributed by atoms with Crippen LogP contribution in [0, 0.1) is 0 Å². The second kappa shape index (κ2) is 11.2. The lowest BCUT2D eigenvalue weighted by molar-refractivity contribution is 0.590. The minimum Gasteiger partial charge on any atom is -0.311 e. The van der Waals surface area contributed by atoms with E-state index in [4.69, 9.17) is 0 Å². The van der Waals surface area contributed by atoms with Gasteiger partial charge in [0.05, 0.1) is 11.0 Å². The molecule has 0 saturated heterocycles. The Balaban J connectivity index is 1.27. The van der Waals surface area contributed by atoms with Crippen molar-refractivity contribution in [3.8, 4) is 39.1 Å². The molecule has 0 atom stereocenters. The van der Waals surface area contributed by atoms with Crippen LogP contribution >= 0.6 is 0 Å². The van der Waals surface area contributed by atoms with Crippen molar-refractivity contribution in [3.63, 3.8) is 0 Å². The Morgan fingerprint density at radius 3 is 1.84 bits per heavy atom. The Morgan fingerprint density at radius 2 is 1.11 bits per heavy atom. The highest BCUT2D eigenvalue weighted by Gasteiger charge is 2.44. The van der Waals surface area contributed by atoms with Crippen LogP contribution in [0.3, 0.4) is 0 Å². The van der Waals surface area contributed by atoms with E-state index in [-0.39, 0.29) is 17.5 Å². The van der Waals surface area contributed by atoms with Gasteiger partial charge in [0.1, 0.15) is 0 Å². The molecule has 9 aromatic rings. The van der Waals surface area contributed by atoms with Crippen molar-refractivity contribution >= 4 is 72.7 Å². The predicted molar refractivity (Wildman–Crippen MR) is 245 cm³/mol. The fourth-order valence-electron chi connectivity index (χ4n) is 10.5. The molecule has 0 N–H and O–H groups in total. The molecule has 3 aliphatic rings. The minimum atomic E-state index is -0.00495. The molecule has 0 bridgehead atoms. The lowest BCUT2D eigenvalue weighted by atomic mass is 9.33. The first kappa shape index (κ1) is 32.9. The summed E-state index contributed by atoms with van der Waals surface area (Å²) in [6.45, 7) is 14.0. The van der Waals surface area contributed by atoms with Gasteiger partial charge in [-0.05, 0) is 119 Å². The molecule has 0 spiro atoms. The van der Waals surface area contributed by atoms with E-state index in [1.165, 1.54) is 116 Å². The number of fused-ring (bicyclic) bond motifs is 8. The minimum absolute atomic E-state index is 0.00495. The molecule has 12 rings (SSSR count). The van der Waals surface area contributed by atoms with E-state index >= 15 is 0 Å². The third-order valence-electron chi connectivity index (χ3n) is 13.2. The van der Waals surface area contributed by atoms with Crippen molar-refractivity contribution < 1.29 is 0 Å². The number of nitrogens with zero attached hydrogens (tertiary/aromatic N) is 2. The number of aromatic nitrogens is 1. The highest BCUT2D eigenvalue weighted by atomic mass is 15.2. The molecule has 2 nitrogen and oxygen atoms in total. The van der Waals surface area contributed by atoms with Crippen LogP contribution in [0.5, 0.6) is 0 Å². The number of anilines is 3. The second-order valence-electron chi connectivity index (χ2n) is 18.6. The molecule has 8 aromatic carbocycles. The van der Waals surface area contributed by atoms with Crippen LogP contribution < -0.4 is 21.3 Å². The van der Waals surface area contributed by atoms with Crippen molar-refractivity contribution in [1.82, 2.24) is 4.57 Å². The van der Waals surface area contributed by atoms with Gasteiger partial charge in [-0.25, -0.2) is 0 Å². The second-order valence-corrected chi connectivity index (χ2v) is 18.6. The first-order valence-corrected chi connectivity index (χ1v) is 20.5. The van der Waals surface area contributed by atoms with E-state index in [9.17, 15) is 0 Å². The van der Waals surface area contributed by atoms with Gasteiger partial charge in [0, 0.05) is 33.5 Å². The Hall–Kier alpha value is -6.32. The van der Waals surface area contributed by atoms with Crippen LogP contribution in [0.2, 0.25) is 0 Å². The van der Waals surface area contributed by atoms with Gasteiger partial charge in [0.15, 0.2) is 0 Å². The molecular formula is C54H43BN2. The first-order valence-electron chi connectivity index (χ1n) is 20.5. The summed E-state index contributed by atoms with van der Waals surface area (Å²) in [4.78, 5) is 2.56. The van der Waals surface area contributed by atoms with E-state index < -0.39 is 0 Å². The molecule has 3 heterocycles. The molecule has 0 fully saturated rings. The van der Waals surface area contributed by atoms with Gasteiger partial charge < -0.3 is 9.47 Å². The van der Waals surface area contributed by atoms with Crippen molar-refractivity contribution in [1.29, 1.82) is 0 Å². The van der Waals surface area contributed by atoms with Crippen LogP contribution in [0.1, 0.15) is 52.7 Å². The van der Waals surface area contributed by atoms with E-state index in [0.717, 1.165) is 0 Å². The summed E-state index contributed by atoms with van der Waals surface area (Å²) in [5.41, 5.74) is 22.1. The first-order chi connectivity index (χ1) is 27.6. The van der Waals surface area contributed by atoms with Crippen molar-refractivity contribution in [3.05, 3.63) is 163 Å². The molecule has 0 amide bonds. The van der Waals surface area contributed by atoms with Gasteiger partial charge in [-0.2, -0.15) is 0 Å². The predicted octanol–water partition coefficient (Wildman–Crippen LogP) is 12.5. The zero-order valence-corrected chi connectivity index (χ0v) is 33.4. The largest absolute Gasteiger partial charge is 0.311 e. The van der Waals surface area contributed by atoms with Gasteiger partial charge in [-0.3, -0.25) is 0 Å². The molecule has 272 valence electrons. The molecule has 57 heavy (non-hydrogen) atoms. The summed E-state index contributed by atoms with van der Waals surface area (Å²) < 4.78 is 2.65. The summed E-state index contributed by atoms with van der Waals surface area (Å²) in [6.07, 6.45) is 0. The molecule has 3 heteroatoms. The standard InChI is InChI=1S/C54H43BN2/c1-53(2,3)35-20-23-37(24-21-35)56-44-28-22-36(54(4,5)6)31-43(44)55-42-26-25-41-39-17-11-10-16-38(39)40-18-12-15-33-19-27-45-50(48(33)40)49(41)52(42)57(45)47-30-34(29-46(56)51(47)55)32-13-8-7-9-14-32/h7-31H,1-6H3. The molecule has 0 saturated carbocycles. The molecule has 2 aliphatic heterocycles. The van der Waals surface area contributed by atoms with E-state index in [0.29, 0.717) is 0 Å². The van der Waals surface area contributed by atoms with Gasteiger partial charge in [0.25, 0.3) is 6.71 Å². The Morgan fingerprint density at radius 1 is 0.439 bits per heavy atom. The van der Waals surface area contributed by atoms with Crippen LogP contribution in [-0.4, -0.2) is 11.3 Å². The molecule has 0 radical (unpaired) electrons. The zero-order chi connectivity index (χ0) is 38.5. The third kappa shape index (κ3) is 4.43.